The highest BCUT2D eigenvalue weighted by molar-refractivity contribution is 7.84. The molecule has 8 heteroatoms. The number of rotatable bonds is 2. The van der Waals surface area contributed by atoms with Crippen molar-refractivity contribution in [1.82, 2.24) is 9.97 Å². The molecule has 38 heavy (non-hydrogen) atoms. The molecule has 2 aliphatic carbocycles. The number of allylic oxidation sites excluding steroid dienone is 2. The average Bonchev–Trinajstić information content (AvgIpc) is 3.67. The summed E-state index contributed by atoms with van der Waals surface area (Å²) in [6.45, 7) is 4.24. The van der Waals surface area contributed by atoms with Gasteiger partial charge in [-0.2, -0.15) is 0 Å². The molecule has 0 radical (unpaired) electrons. The molecule has 182 valence electrons. The van der Waals surface area contributed by atoms with Crippen LogP contribution in [0.15, 0.2) is 59.7 Å². The zero-order valence-corrected chi connectivity index (χ0v) is 25.0. The number of thiocarbonyl (C=S) groups is 4. The van der Waals surface area contributed by atoms with E-state index in [-0.39, 0.29) is 0 Å². The molecular formula is C30H16N2S6. The Kier molecular flexibility index (Phi) is 5.70. The summed E-state index contributed by atoms with van der Waals surface area (Å²) in [5, 5.41) is 1.80. The lowest BCUT2D eigenvalue weighted by Crippen LogP contribution is -1.97. The highest BCUT2D eigenvalue weighted by Crippen LogP contribution is 2.40. The summed E-state index contributed by atoms with van der Waals surface area (Å²) in [6.07, 6.45) is 4.09. The Hall–Kier alpha value is -2.72. The predicted octanol–water partition coefficient (Wildman–Crippen LogP) is 8.59. The fraction of sp³-hybridized carbons (Fsp3) is 0.0667. The van der Waals surface area contributed by atoms with Crippen molar-refractivity contribution >= 4 is 124 Å². The SMILES string of the molecule is Cc1c2nc(C=C3C(=S)c4ccccc4C3=S)sc2c(C)c2nc(C=C3C(=S)c4ccccc4C3=S)sc12. The van der Waals surface area contributed by atoms with Gasteiger partial charge in [-0.3, -0.25) is 0 Å². The van der Waals surface area contributed by atoms with Crippen LogP contribution in [0.3, 0.4) is 0 Å². The van der Waals surface area contributed by atoms with Crippen LogP contribution >= 0.6 is 71.5 Å². The molecule has 0 atom stereocenters. The van der Waals surface area contributed by atoms with E-state index >= 15 is 0 Å². The van der Waals surface area contributed by atoms with Gasteiger partial charge in [-0.25, -0.2) is 9.97 Å². The minimum atomic E-state index is 0.795. The van der Waals surface area contributed by atoms with Gasteiger partial charge in [0.25, 0.3) is 0 Å². The molecule has 0 aliphatic heterocycles. The number of hydrogen-bond donors (Lipinski definition) is 0. The van der Waals surface area contributed by atoms with Crippen molar-refractivity contribution in [3.8, 4) is 0 Å². The van der Waals surface area contributed by atoms with Gasteiger partial charge in [0.1, 0.15) is 10.0 Å². The second kappa shape index (κ2) is 8.91. The summed E-state index contributed by atoms with van der Waals surface area (Å²) in [6, 6.07) is 16.1. The van der Waals surface area contributed by atoms with Gasteiger partial charge in [-0.15, -0.1) is 22.7 Å². The van der Waals surface area contributed by atoms with Gasteiger partial charge in [0.05, 0.1) is 39.9 Å². The third kappa shape index (κ3) is 3.52. The molecule has 0 saturated heterocycles. The fourth-order valence-corrected chi connectivity index (χ4v) is 8.70. The molecule has 2 heterocycles. The van der Waals surface area contributed by atoms with Gasteiger partial charge < -0.3 is 0 Å². The van der Waals surface area contributed by atoms with E-state index in [1.165, 1.54) is 0 Å². The van der Waals surface area contributed by atoms with E-state index in [0.29, 0.717) is 0 Å². The Balaban J connectivity index is 1.31. The first-order chi connectivity index (χ1) is 18.3. The van der Waals surface area contributed by atoms with Gasteiger partial charge in [0, 0.05) is 33.4 Å². The van der Waals surface area contributed by atoms with Crippen LogP contribution in [0.1, 0.15) is 43.4 Å². The molecule has 0 spiro atoms. The fourth-order valence-electron chi connectivity index (χ4n) is 5.08. The molecule has 0 saturated carbocycles. The molecule has 0 unspecified atom stereocenters. The zero-order valence-electron chi connectivity index (χ0n) is 20.1. The Labute approximate surface area is 248 Å². The van der Waals surface area contributed by atoms with Crippen LogP contribution in [0.4, 0.5) is 0 Å². The summed E-state index contributed by atoms with van der Waals surface area (Å²) in [5.41, 5.74) is 10.2. The van der Waals surface area contributed by atoms with Crippen LogP contribution in [-0.2, 0) is 0 Å². The van der Waals surface area contributed by atoms with Gasteiger partial charge in [-0.05, 0) is 37.1 Å². The predicted molar refractivity (Wildman–Crippen MR) is 178 cm³/mol. The van der Waals surface area contributed by atoms with E-state index in [4.69, 9.17) is 58.8 Å². The first kappa shape index (κ1) is 24.3. The van der Waals surface area contributed by atoms with Crippen LogP contribution in [0.2, 0.25) is 0 Å². The number of thiazole rings is 2. The number of nitrogens with zero attached hydrogens (tertiary/aromatic N) is 2. The summed E-state index contributed by atoms with van der Waals surface area (Å²) in [7, 11) is 0. The van der Waals surface area contributed by atoms with Crippen LogP contribution in [0, 0.1) is 13.8 Å². The molecule has 5 aromatic rings. The average molecular weight is 597 g/mol. The smallest absolute Gasteiger partial charge is 0.118 e. The summed E-state index contributed by atoms with van der Waals surface area (Å²) >= 11 is 26.4. The van der Waals surface area contributed by atoms with Gasteiger partial charge in [-0.1, -0.05) is 97.4 Å². The normalized spacial score (nSPS) is 14.7. The first-order valence-electron chi connectivity index (χ1n) is 11.8. The molecule has 0 amide bonds. The summed E-state index contributed by atoms with van der Waals surface area (Å²) in [5.74, 6) is 0. The van der Waals surface area contributed by atoms with Crippen LogP contribution in [-0.4, -0.2) is 29.4 Å². The first-order valence-corrected chi connectivity index (χ1v) is 15.1. The Morgan fingerprint density at radius 2 is 0.868 bits per heavy atom. The number of hydrogen-bond acceptors (Lipinski definition) is 8. The molecular weight excluding hydrogens is 581 g/mol. The second-order valence-electron chi connectivity index (χ2n) is 9.23. The molecule has 0 N–H and O–H groups in total. The molecule has 2 nitrogen and oxygen atoms in total. The van der Waals surface area contributed by atoms with Crippen molar-refractivity contribution in [2.75, 3.05) is 0 Å². The molecule has 0 fully saturated rings. The van der Waals surface area contributed by atoms with Gasteiger partial charge >= 0.3 is 0 Å². The van der Waals surface area contributed by atoms with E-state index in [1.54, 1.807) is 22.7 Å². The lowest BCUT2D eigenvalue weighted by molar-refractivity contribution is 1.39. The van der Waals surface area contributed by atoms with Crippen molar-refractivity contribution in [1.29, 1.82) is 0 Å². The maximum atomic E-state index is 5.76. The van der Waals surface area contributed by atoms with Gasteiger partial charge in [0.2, 0.25) is 0 Å². The van der Waals surface area contributed by atoms with Crippen molar-refractivity contribution < 1.29 is 0 Å². The number of benzene rings is 3. The van der Waals surface area contributed by atoms with Crippen molar-refractivity contribution in [2.24, 2.45) is 0 Å². The van der Waals surface area contributed by atoms with E-state index in [1.807, 2.05) is 60.7 Å². The summed E-state index contributed by atoms with van der Waals surface area (Å²) in [4.78, 5) is 13.2. The van der Waals surface area contributed by atoms with Crippen LogP contribution < -0.4 is 0 Å². The van der Waals surface area contributed by atoms with Crippen LogP contribution in [0.25, 0.3) is 32.6 Å². The molecule has 7 rings (SSSR count). The third-order valence-electron chi connectivity index (χ3n) is 7.03. The quantitative estimate of drug-likeness (QED) is 0.150. The topological polar surface area (TPSA) is 25.8 Å². The number of fused-ring (bicyclic) bond motifs is 4. The van der Waals surface area contributed by atoms with Crippen molar-refractivity contribution in [2.45, 2.75) is 13.8 Å². The largest absolute Gasteiger partial charge is 0.236 e. The second-order valence-corrected chi connectivity index (χ2v) is 12.9. The number of aromatic nitrogens is 2. The highest BCUT2D eigenvalue weighted by Gasteiger charge is 2.28. The van der Waals surface area contributed by atoms with Gasteiger partial charge in [0.15, 0.2) is 0 Å². The van der Waals surface area contributed by atoms with Crippen molar-refractivity contribution in [3.05, 3.63) is 103 Å². The lowest BCUT2D eigenvalue weighted by Gasteiger charge is -2.00. The van der Waals surface area contributed by atoms with E-state index in [0.717, 1.165) is 94.4 Å². The molecule has 2 aromatic heterocycles. The molecule has 0 bridgehead atoms. The Morgan fingerprint density at radius 3 is 1.18 bits per heavy atom. The number of aryl methyl sites for hydroxylation is 2. The maximum Gasteiger partial charge on any atom is 0.118 e. The Bertz CT molecular complexity index is 1750. The standard InChI is InChI=1S/C30H16N2S6/c1-13-23-30(38-21(31-23)11-19-25(33)15-7-3-4-8-16(15)26(19)34)14(2)24-29(13)37-22(32-24)12-20-27(35)17-9-5-6-10-18(17)28(20)36/h3-12H,1-2H3. The van der Waals surface area contributed by atoms with E-state index in [9.17, 15) is 0 Å². The highest BCUT2D eigenvalue weighted by atomic mass is 32.1. The van der Waals surface area contributed by atoms with Crippen LogP contribution in [0.5, 0.6) is 0 Å². The molecule has 3 aromatic carbocycles. The lowest BCUT2D eigenvalue weighted by atomic mass is 10.1. The third-order valence-corrected chi connectivity index (χ3v) is 11.0. The van der Waals surface area contributed by atoms with E-state index < -0.39 is 0 Å². The maximum absolute atomic E-state index is 5.76. The monoisotopic (exact) mass is 596 g/mol. The minimum absolute atomic E-state index is 0.795. The minimum Gasteiger partial charge on any atom is -0.236 e. The summed E-state index contributed by atoms with van der Waals surface area (Å²) < 4.78 is 2.27. The molecule has 2 aliphatic rings. The van der Waals surface area contributed by atoms with E-state index in [2.05, 4.69) is 13.8 Å². The Morgan fingerprint density at radius 1 is 0.553 bits per heavy atom. The van der Waals surface area contributed by atoms with Crippen molar-refractivity contribution in [3.63, 3.8) is 0 Å². The zero-order chi connectivity index (χ0) is 26.3.